The molecule has 0 saturated heterocycles. The number of nitrogens with one attached hydrogen (secondary N) is 5. The second-order valence-corrected chi connectivity index (χ2v) is 16.1. The van der Waals surface area contributed by atoms with Gasteiger partial charge in [-0.05, 0) is 82.4 Å². The molecule has 4 rings (SSSR count). The van der Waals surface area contributed by atoms with Gasteiger partial charge in [-0.25, -0.2) is 9.78 Å². The molecular formula is C42H57N9O9S. The lowest BCUT2D eigenvalue weighted by Gasteiger charge is -2.16. The number of fused-ring (bicyclic) bond motifs is 1. The van der Waals surface area contributed by atoms with Crippen LogP contribution in [0.2, 0.25) is 0 Å². The number of aromatic nitrogens is 3. The quantitative estimate of drug-likeness (QED) is 0.0389. The molecule has 0 aliphatic rings. The Labute approximate surface area is 355 Å². The van der Waals surface area contributed by atoms with Crippen LogP contribution >= 0.6 is 0 Å². The number of sulfonamides is 1. The predicted molar refractivity (Wildman–Crippen MR) is 232 cm³/mol. The van der Waals surface area contributed by atoms with Crippen molar-refractivity contribution in [2.45, 2.75) is 70.9 Å². The van der Waals surface area contributed by atoms with Gasteiger partial charge in [0.05, 0.1) is 24.1 Å². The van der Waals surface area contributed by atoms with Gasteiger partial charge in [0, 0.05) is 83.3 Å². The summed E-state index contributed by atoms with van der Waals surface area (Å²) < 4.78 is 44.5. The van der Waals surface area contributed by atoms with Crippen LogP contribution in [0.15, 0.2) is 63.0 Å². The summed E-state index contributed by atoms with van der Waals surface area (Å²) in [7, 11) is 0.386. The van der Waals surface area contributed by atoms with Crippen molar-refractivity contribution in [1.29, 1.82) is 0 Å². The fraction of sp³-hybridized carbons (Fsp3) is 0.452. The summed E-state index contributed by atoms with van der Waals surface area (Å²) in [6.07, 6.45) is 6.88. The van der Waals surface area contributed by atoms with E-state index in [0.717, 1.165) is 31.2 Å². The molecule has 0 fully saturated rings. The van der Waals surface area contributed by atoms with Crippen molar-refractivity contribution in [2.75, 3.05) is 58.9 Å². The van der Waals surface area contributed by atoms with Gasteiger partial charge >= 0.3 is 5.97 Å². The molecule has 2 aromatic heterocycles. The lowest BCUT2D eigenvalue weighted by atomic mass is 10.1. The number of ether oxygens (including phenoxy) is 2. The van der Waals surface area contributed by atoms with E-state index in [4.69, 9.17) is 9.47 Å². The third kappa shape index (κ3) is 14.1. The van der Waals surface area contributed by atoms with E-state index in [1.165, 1.54) is 6.20 Å². The molecule has 0 spiro atoms. The van der Waals surface area contributed by atoms with Crippen LogP contribution < -0.4 is 32.0 Å². The van der Waals surface area contributed by atoms with Crippen LogP contribution in [0.4, 0.5) is 5.95 Å². The van der Waals surface area contributed by atoms with Gasteiger partial charge < -0.3 is 45.2 Å². The normalized spacial score (nSPS) is 11.7. The molecule has 0 aliphatic heterocycles. The SMILES string of the molecule is CNCCCOCCCNC(=O)CCC(=O)NCCCn1cc(C(=O)NC/C(=N\S(=O)(=O)c2c(C)cc(C)cc2C)C(=O)OC)c(=O)c2ccc(CNc3nccn3C)cc21. The summed E-state index contributed by atoms with van der Waals surface area (Å²) >= 11 is 0. The minimum atomic E-state index is -4.41. The second kappa shape index (κ2) is 23.2. The lowest BCUT2D eigenvalue weighted by molar-refractivity contribution is -0.132. The summed E-state index contributed by atoms with van der Waals surface area (Å²) in [5, 5.41) is 14.6. The number of nitrogens with zero attached hydrogens (tertiary/aromatic N) is 4. The maximum atomic E-state index is 13.8. The van der Waals surface area contributed by atoms with E-state index in [1.54, 1.807) is 55.1 Å². The fourth-order valence-electron chi connectivity index (χ4n) is 6.63. The van der Waals surface area contributed by atoms with E-state index in [9.17, 15) is 32.4 Å². The van der Waals surface area contributed by atoms with E-state index in [0.29, 0.717) is 61.7 Å². The van der Waals surface area contributed by atoms with Crippen LogP contribution in [0.25, 0.3) is 10.9 Å². The van der Waals surface area contributed by atoms with Crippen molar-refractivity contribution in [1.82, 2.24) is 35.4 Å². The molecule has 4 aromatic rings. The Morgan fingerprint density at radius 3 is 2.16 bits per heavy atom. The zero-order valence-corrected chi connectivity index (χ0v) is 36.5. The van der Waals surface area contributed by atoms with E-state index in [1.807, 2.05) is 31.7 Å². The van der Waals surface area contributed by atoms with Crippen molar-refractivity contribution in [3.8, 4) is 0 Å². The number of carbonyl (C=O) groups is 4. The molecule has 330 valence electrons. The van der Waals surface area contributed by atoms with Crippen molar-refractivity contribution in [3.63, 3.8) is 0 Å². The number of imidazole rings is 1. The number of hydrogen-bond acceptors (Lipinski definition) is 12. The van der Waals surface area contributed by atoms with Crippen molar-refractivity contribution in [2.24, 2.45) is 11.4 Å². The largest absolute Gasteiger partial charge is 0.464 e. The van der Waals surface area contributed by atoms with Gasteiger partial charge in [0.2, 0.25) is 23.2 Å². The minimum Gasteiger partial charge on any atom is -0.464 e. The Kier molecular flexibility index (Phi) is 18.1. The summed E-state index contributed by atoms with van der Waals surface area (Å²) in [6.45, 7) is 7.83. The summed E-state index contributed by atoms with van der Waals surface area (Å²) in [4.78, 5) is 69.3. The Morgan fingerprint density at radius 1 is 0.885 bits per heavy atom. The Balaban J connectivity index is 1.47. The van der Waals surface area contributed by atoms with Gasteiger partial charge in [-0.2, -0.15) is 12.8 Å². The van der Waals surface area contributed by atoms with Gasteiger partial charge in [0.1, 0.15) is 5.56 Å². The average molecular weight is 864 g/mol. The number of hydrogen-bond donors (Lipinski definition) is 5. The summed E-state index contributed by atoms with van der Waals surface area (Å²) in [6, 6.07) is 8.56. The third-order valence-corrected chi connectivity index (χ3v) is 11.2. The molecule has 0 atom stereocenters. The maximum absolute atomic E-state index is 13.8. The number of aryl methyl sites for hydroxylation is 5. The first kappa shape index (κ1) is 47.8. The summed E-state index contributed by atoms with van der Waals surface area (Å²) in [5.74, 6) is -1.83. The maximum Gasteiger partial charge on any atom is 0.355 e. The van der Waals surface area contributed by atoms with Gasteiger partial charge in [0.25, 0.3) is 15.9 Å². The molecule has 61 heavy (non-hydrogen) atoms. The van der Waals surface area contributed by atoms with E-state index in [-0.39, 0.29) is 53.6 Å². The number of pyridine rings is 1. The fourth-order valence-corrected chi connectivity index (χ4v) is 8.08. The monoisotopic (exact) mass is 863 g/mol. The number of methoxy groups -OCH3 is 1. The molecule has 0 radical (unpaired) electrons. The molecule has 2 heterocycles. The number of amides is 3. The van der Waals surface area contributed by atoms with Crippen LogP contribution in [0.3, 0.4) is 0 Å². The van der Waals surface area contributed by atoms with Crippen LogP contribution in [-0.2, 0) is 54.0 Å². The molecule has 0 saturated carbocycles. The average Bonchev–Trinajstić information content (AvgIpc) is 3.64. The number of esters is 1. The highest BCUT2D eigenvalue weighted by molar-refractivity contribution is 7.90. The first-order valence-corrected chi connectivity index (χ1v) is 21.5. The highest BCUT2D eigenvalue weighted by Crippen LogP contribution is 2.24. The standard InChI is InChI=1S/C42H57N9O9S/c1-28-22-29(2)39(30(3)23-28)61(57,58)49-34(41(56)59-6)26-47-40(55)33-27-51(35-24-31(10-11-32(35)38(33)54)25-48-42-46-17-19-50(42)5)18-7-15-44-36(52)12-13-37(53)45-16-9-21-60-20-8-14-43-4/h10-11,17,19,22-24,27,43H,7-9,12-16,18,20-21,25-26H2,1-6H3,(H,44,52)(H,45,53)(H,46,48)(H,47,55)/b49-34+. The topological polar surface area (TPSA) is 233 Å². The zero-order chi connectivity index (χ0) is 44.5. The van der Waals surface area contributed by atoms with Crippen molar-refractivity contribution >= 4 is 56.3 Å². The number of anilines is 1. The number of benzene rings is 2. The Morgan fingerprint density at radius 2 is 1.54 bits per heavy atom. The molecule has 18 nitrogen and oxygen atoms in total. The van der Waals surface area contributed by atoms with Crippen LogP contribution in [0.5, 0.6) is 0 Å². The first-order chi connectivity index (χ1) is 29.1. The highest BCUT2D eigenvalue weighted by atomic mass is 32.2. The van der Waals surface area contributed by atoms with Gasteiger partial charge in [-0.3, -0.25) is 19.2 Å². The molecule has 19 heteroatoms. The Bertz CT molecular complexity index is 2370. The van der Waals surface area contributed by atoms with Crippen LogP contribution in [-0.4, -0.2) is 105 Å². The lowest BCUT2D eigenvalue weighted by Crippen LogP contribution is -2.37. The van der Waals surface area contributed by atoms with Gasteiger partial charge in [-0.15, -0.1) is 0 Å². The van der Waals surface area contributed by atoms with Gasteiger partial charge in [0.15, 0.2) is 5.71 Å². The molecule has 5 N–H and O–H groups in total. The van der Waals surface area contributed by atoms with E-state index < -0.39 is 39.6 Å². The molecular weight excluding hydrogens is 807 g/mol. The van der Waals surface area contributed by atoms with Crippen molar-refractivity contribution < 1.29 is 37.1 Å². The van der Waals surface area contributed by atoms with Gasteiger partial charge in [-0.1, -0.05) is 23.8 Å². The zero-order valence-electron chi connectivity index (χ0n) is 35.7. The highest BCUT2D eigenvalue weighted by Gasteiger charge is 2.25. The van der Waals surface area contributed by atoms with E-state index >= 15 is 0 Å². The molecule has 0 unspecified atom stereocenters. The predicted octanol–water partition coefficient (Wildman–Crippen LogP) is 2.42. The molecule has 2 aromatic carbocycles. The summed E-state index contributed by atoms with van der Waals surface area (Å²) in [5.41, 5.74) is 1.63. The first-order valence-electron chi connectivity index (χ1n) is 20.1. The smallest absolute Gasteiger partial charge is 0.355 e. The molecule has 0 aliphatic carbocycles. The van der Waals surface area contributed by atoms with Crippen LogP contribution in [0.1, 0.15) is 64.7 Å². The number of carbonyl (C=O) groups excluding carboxylic acids is 4. The molecule has 0 bridgehead atoms. The van der Waals surface area contributed by atoms with Crippen molar-refractivity contribution in [3.05, 3.63) is 87.0 Å². The third-order valence-electron chi connectivity index (χ3n) is 9.57. The Hall–Kier alpha value is -5.92. The second-order valence-electron chi connectivity index (χ2n) is 14.5. The number of rotatable bonds is 24. The van der Waals surface area contributed by atoms with E-state index in [2.05, 4.69) is 36.0 Å². The minimum absolute atomic E-state index is 0.00633. The molecule has 3 amide bonds. The van der Waals surface area contributed by atoms with Crippen LogP contribution in [0, 0.1) is 20.8 Å².